The zero-order valence-corrected chi connectivity index (χ0v) is 10.8. The largest absolute Gasteiger partial charge is 0.431 e. The van der Waals surface area contributed by atoms with E-state index in [9.17, 15) is 9.59 Å². The van der Waals surface area contributed by atoms with Crippen LogP contribution in [0.5, 0.6) is 5.75 Å². The van der Waals surface area contributed by atoms with Gasteiger partial charge in [-0.3, -0.25) is 14.9 Å². The summed E-state index contributed by atoms with van der Waals surface area (Å²) in [4.78, 5) is 29.3. The molecule has 0 saturated carbocycles. The molecule has 1 heterocycles. The SMILES string of the molecule is CC(=O)Oc1ccccc1C(=O)Nc1nc(N=[N+]=[N-])co1. The van der Waals surface area contributed by atoms with Crippen LogP contribution in [0.15, 0.2) is 40.1 Å². The number of amides is 1. The highest BCUT2D eigenvalue weighted by Crippen LogP contribution is 2.21. The first-order valence-corrected chi connectivity index (χ1v) is 5.69. The number of oxazole rings is 1. The minimum Gasteiger partial charge on any atom is -0.431 e. The number of hydrogen-bond donors (Lipinski definition) is 1. The Morgan fingerprint density at radius 1 is 1.43 bits per heavy atom. The van der Waals surface area contributed by atoms with E-state index in [1.807, 2.05) is 0 Å². The summed E-state index contributed by atoms with van der Waals surface area (Å²) >= 11 is 0. The van der Waals surface area contributed by atoms with Crippen molar-refractivity contribution >= 4 is 23.7 Å². The van der Waals surface area contributed by atoms with Crippen molar-refractivity contribution in [3.63, 3.8) is 0 Å². The molecule has 1 N–H and O–H groups in total. The third kappa shape index (κ3) is 3.58. The average molecular weight is 287 g/mol. The Morgan fingerprint density at radius 3 is 2.90 bits per heavy atom. The van der Waals surface area contributed by atoms with Crippen molar-refractivity contribution in [2.45, 2.75) is 6.92 Å². The molecule has 9 nitrogen and oxygen atoms in total. The number of benzene rings is 1. The van der Waals surface area contributed by atoms with Crippen LogP contribution in [0.25, 0.3) is 10.4 Å². The Hall–Kier alpha value is -3.32. The third-order valence-electron chi connectivity index (χ3n) is 2.25. The Bertz CT molecular complexity index is 733. The number of carbonyl (C=O) groups excluding carboxylic acids is 2. The molecule has 0 atom stereocenters. The Labute approximate surface area is 118 Å². The number of nitrogens with zero attached hydrogens (tertiary/aromatic N) is 4. The lowest BCUT2D eigenvalue weighted by Crippen LogP contribution is -2.15. The number of para-hydroxylation sites is 1. The van der Waals surface area contributed by atoms with Gasteiger partial charge in [0.05, 0.1) is 5.56 Å². The molecule has 0 spiro atoms. The lowest BCUT2D eigenvalue weighted by atomic mass is 10.2. The molecule has 0 unspecified atom stereocenters. The van der Waals surface area contributed by atoms with Gasteiger partial charge in [-0.05, 0) is 22.8 Å². The highest BCUT2D eigenvalue weighted by atomic mass is 16.5. The summed E-state index contributed by atoms with van der Waals surface area (Å²) in [6, 6.07) is 6.06. The van der Waals surface area contributed by atoms with Gasteiger partial charge in [-0.25, -0.2) is 0 Å². The lowest BCUT2D eigenvalue weighted by molar-refractivity contribution is -0.131. The fourth-order valence-electron chi connectivity index (χ4n) is 1.48. The van der Waals surface area contributed by atoms with Crippen LogP contribution in [0.3, 0.4) is 0 Å². The van der Waals surface area contributed by atoms with Gasteiger partial charge in [0, 0.05) is 11.8 Å². The molecule has 106 valence electrons. The normalized spacial score (nSPS) is 9.57. The summed E-state index contributed by atoms with van der Waals surface area (Å²) in [5.74, 6) is -1.02. The number of ether oxygens (including phenoxy) is 1. The molecule has 0 aliphatic heterocycles. The molecule has 0 saturated heterocycles. The fourth-order valence-corrected chi connectivity index (χ4v) is 1.48. The lowest BCUT2D eigenvalue weighted by Gasteiger charge is -2.07. The number of anilines is 1. The van der Waals surface area contributed by atoms with E-state index in [4.69, 9.17) is 14.7 Å². The average Bonchev–Trinajstić information content (AvgIpc) is 2.86. The zero-order valence-electron chi connectivity index (χ0n) is 10.8. The second-order valence-electron chi connectivity index (χ2n) is 3.74. The van der Waals surface area contributed by atoms with E-state index in [-0.39, 0.29) is 23.1 Å². The molecule has 1 aromatic carbocycles. The number of aromatic nitrogens is 1. The van der Waals surface area contributed by atoms with E-state index in [0.717, 1.165) is 6.26 Å². The van der Waals surface area contributed by atoms with Crippen molar-refractivity contribution < 1.29 is 18.7 Å². The van der Waals surface area contributed by atoms with Gasteiger partial charge >= 0.3 is 12.0 Å². The van der Waals surface area contributed by atoms with E-state index < -0.39 is 11.9 Å². The maximum Gasteiger partial charge on any atom is 0.308 e. The molecule has 1 aromatic heterocycles. The van der Waals surface area contributed by atoms with E-state index in [1.54, 1.807) is 12.1 Å². The van der Waals surface area contributed by atoms with Crippen molar-refractivity contribution in [1.82, 2.24) is 4.98 Å². The summed E-state index contributed by atoms with van der Waals surface area (Å²) in [6.45, 7) is 1.23. The summed E-state index contributed by atoms with van der Waals surface area (Å²) in [6.07, 6.45) is 1.09. The van der Waals surface area contributed by atoms with Crippen LogP contribution in [0.1, 0.15) is 17.3 Å². The number of esters is 1. The fraction of sp³-hybridized carbons (Fsp3) is 0.0833. The van der Waals surface area contributed by atoms with Gasteiger partial charge in [-0.15, -0.1) is 0 Å². The molecule has 2 rings (SSSR count). The minimum absolute atomic E-state index is 0.0129. The number of azide groups is 1. The predicted octanol–water partition coefficient (Wildman–Crippen LogP) is 2.79. The Morgan fingerprint density at radius 2 is 2.19 bits per heavy atom. The molecule has 1 amide bonds. The topological polar surface area (TPSA) is 130 Å². The van der Waals surface area contributed by atoms with Crippen molar-refractivity contribution in [3.05, 3.63) is 46.5 Å². The molecule has 0 bridgehead atoms. The number of nitrogens with one attached hydrogen (secondary N) is 1. The standard InChI is InChI=1S/C12H9N5O4/c1-7(18)21-9-5-3-2-4-8(9)11(19)15-12-14-10(6-20-12)16-17-13/h2-6H,1H3,(H,14,15,19). The first kappa shape index (κ1) is 14.1. The monoisotopic (exact) mass is 287 g/mol. The third-order valence-corrected chi connectivity index (χ3v) is 2.25. The van der Waals surface area contributed by atoms with Gasteiger partial charge in [0.25, 0.3) is 5.91 Å². The molecular formula is C12H9N5O4. The van der Waals surface area contributed by atoms with E-state index in [2.05, 4.69) is 20.3 Å². The van der Waals surface area contributed by atoms with E-state index >= 15 is 0 Å². The van der Waals surface area contributed by atoms with Crippen LogP contribution in [-0.2, 0) is 4.79 Å². The van der Waals surface area contributed by atoms with Crippen LogP contribution in [0, 0.1) is 0 Å². The van der Waals surface area contributed by atoms with Crippen LogP contribution >= 0.6 is 0 Å². The molecule has 2 aromatic rings. The first-order chi connectivity index (χ1) is 10.1. The van der Waals surface area contributed by atoms with Gasteiger partial charge in [-0.1, -0.05) is 12.1 Å². The zero-order chi connectivity index (χ0) is 15.2. The second kappa shape index (κ2) is 6.22. The molecule has 0 aliphatic rings. The van der Waals surface area contributed by atoms with Crippen molar-refractivity contribution in [2.24, 2.45) is 5.11 Å². The summed E-state index contributed by atoms with van der Waals surface area (Å²) in [7, 11) is 0. The van der Waals surface area contributed by atoms with E-state index in [1.165, 1.54) is 19.1 Å². The Kier molecular flexibility index (Phi) is 4.17. The highest BCUT2D eigenvalue weighted by Gasteiger charge is 2.15. The summed E-state index contributed by atoms with van der Waals surface area (Å²) in [5, 5.41) is 5.58. The van der Waals surface area contributed by atoms with E-state index in [0.29, 0.717) is 0 Å². The smallest absolute Gasteiger partial charge is 0.308 e. The maximum atomic E-state index is 12.1. The van der Waals surface area contributed by atoms with Gasteiger partial charge in [0.15, 0.2) is 5.82 Å². The maximum absolute atomic E-state index is 12.1. The molecule has 0 radical (unpaired) electrons. The molecule has 21 heavy (non-hydrogen) atoms. The molecular weight excluding hydrogens is 278 g/mol. The van der Waals surface area contributed by atoms with Gasteiger partial charge in [0.2, 0.25) is 0 Å². The van der Waals surface area contributed by atoms with Gasteiger partial charge < -0.3 is 9.15 Å². The molecule has 0 fully saturated rings. The first-order valence-electron chi connectivity index (χ1n) is 5.69. The summed E-state index contributed by atoms with van der Waals surface area (Å²) in [5.41, 5.74) is 8.39. The summed E-state index contributed by atoms with van der Waals surface area (Å²) < 4.78 is 9.85. The second-order valence-corrected chi connectivity index (χ2v) is 3.74. The van der Waals surface area contributed by atoms with Crippen molar-refractivity contribution in [1.29, 1.82) is 0 Å². The highest BCUT2D eigenvalue weighted by molar-refractivity contribution is 6.05. The van der Waals surface area contributed by atoms with Gasteiger partial charge in [0.1, 0.15) is 12.0 Å². The van der Waals surface area contributed by atoms with Crippen LogP contribution in [-0.4, -0.2) is 16.9 Å². The molecule has 0 aliphatic carbocycles. The number of hydrogen-bond acceptors (Lipinski definition) is 6. The Balaban J connectivity index is 2.19. The van der Waals surface area contributed by atoms with Crippen LogP contribution < -0.4 is 10.1 Å². The van der Waals surface area contributed by atoms with Crippen LogP contribution in [0.4, 0.5) is 11.8 Å². The number of carbonyl (C=O) groups is 2. The molecule has 9 heteroatoms. The van der Waals surface area contributed by atoms with Crippen molar-refractivity contribution in [2.75, 3.05) is 5.32 Å². The van der Waals surface area contributed by atoms with Crippen LogP contribution in [0.2, 0.25) is 0 Å². The quantitative estimate of drug-likeness (QED) is 0.303. The predicted molar refractivity (Wildman–Crippen MR) is 71.0 cm³/mol. The number of rotatable bonds is 4. The van der Waals surface area contributed by atoms with Crippen molar-refractivity contribution in [3.8, 4) is 5.75 Å². The van der Waals surface area contributed by atoms with Gasteiger partial charge in [-0.2, -0.15) is 4.98 Å². The minimum atomic E-state index is -0.582.